The van der Waals surface area contributed by atoms with Crippen LogP contribution in [0, 0.1) is 5.92 Å². The van der Waals surface area contributed by atoms with Crippen molar-refractivity contribution in [2.45, 2.75) is 19.5 Å². The van der Waals surface area contributed by atoms with Gasteiger partial charge in [-0.1, -0.05) is 6.92 Å². The van der Waals surface area contributed by atoms with E-state index >= 15 is 0 Å². The molecule has 88 valence electrons. The fourth-order valence-corrected chi connectivity index (χ4v) is 2.03. The maximum atomic E-state index is 12.7. The zero-order chi connectivity index (χ0) is 11.8. The van der Waals surface area contributed by atoms with Gasteiger partial charge in [-0.3, -0.25) is 4.98 Å². The lowest BCUT2D eigenvalue weighted by Crippen LogP contribution is -2.23. The molecule has 0 spiro atoms. The van der Waals surface area contributed by atoms with Crippen LogP contribution in [0.3, 0.4) is 0 Å². The van der Waals surface area contributed by atoms with E-state index in [1.807, 2.05) is 6.92 Å². The zero-order valence-corrected chi connectivity index (χ0v) is 8.96. The minimum Gasteiger partial charge on any atom is -0.370 e. The first-order chi connectivity index (χ1) is 7.48. The molecule has 0 saturated carbocycles. The molecule has 1 atom stereocenters. The van der Waals surface area contributed by atoms with E-state index in [4.69, 9.17) is 0 Å². The third-order valence-corrected chi connectivity index (χ3v) is 2.87. The molecule has 1 fully saturated rings. The van der Waals surface area contributed by atoms with Crippen molar-refractivity contribution in [1.82, 2.24) is 4.98 Å². The fourth-order valence-electron chi connectivity index (χ4n) is 2.03. The van der Waals surface area contributed by atoms with Crippen LogP contribution < -0.4 is 4.90 Å². The van der Waals surface area contributed by atoms with Gasteiger partial charge < -0.3 is 4.90 Å². The van der Waals surface area contributed by atoms with Crippen LogP contribution in [-0.4, -0.2) is 18.1 Å². The molecular formula is C11H13F3N2. The molecule has 1 aliphatic heterocycles. The van der Waals surface area contributed by atoms with Crippen molar-refractivity contribution >= 4 is 5.69 Å². The van der Waals surface area contributed by atoms with E-state index in [9.17, 15) is 13.2 Å². The van der Waals surface area contributed by atoms with Gasteiger partial charge in [-0.15, -0.1) is 0 Å². The molecule has 5 heteroatoms. The van der Waals surface area contributed by atoms with Crippen LogP contribution in [0.25, 0.3) is 0 Å². The summed E-state index contributed by atoms with van der Waals surface area (Å²) in [5.74, 6) is 0.446. The number of alkyl halides is 3. The maximum Gasteiger partial charge on any atom is 0.418 e. The van der Waals surface area contributed by atoms with Gasteiger partial charge in [-0.25, -0.2) is 0 Å². The van der Waals surface area contributed by atoms with Crippen molar-refractivity contribution in [2.75, 3.05) is 18.0 Å². The lowest BCUT2D eigenvalue weighted by atomic mass is 10.2. The third kappa shape index (κ3) is 2.13. The van der Waals surface area contributed by atoms with Gasteiger partial charge >= 0.3 is 6.18 Å². The van der Waals surface area contributed by atoms with Crippen molar-refractivity contribution in [3.05, 3.63) is 24.0 Å². The summed E-state index contributed by atoms with van der Waals surface area (Å²) in [5.41, 5.74) is -0.379. The molecule has 1 aliphatic rings. The van der Waals surface area contributed by atoms with Gasteiger partial charge in [-0.05, 0) is 18.4 Å². The van der Waals surface area contributed by atoms with Crippen LogP contribution in [0.15, 0.2) is 18.5 Å². The summed E-state index contributed by atoms with van der Waals surface area (Å²) in [6.45, 7) is 3.40. The van der Waals surface area contributed by atoms with E-state index in [0.29, 0.717) is 19.0 Å². The van der Waals surface area contributed by atoms with Crippen LogP contribution in [0.4, 0.5) is 18.9 Å². The summed E-state index contributed by atoms with van der Waals surface area (Å²) in [4.78, 5) is 5.55. The number of rotatable bonds is 1. The molecule has 16 heavy (non-hydrogen) atoms. The fraction of sp³-hybridized carbons (Fsp3) is 0.545. The molecule has 2 nitrogen and oxygen atoms in total. The van der Waals surface area contributed by atoms with Crippen molar-refractivity contribution in [3.8, 4) is 0 Å². The number of aromatic nitrogens is 1. The summed E-state index contributed by atoms with van der Waals surface area (Å²) in [7, 11) is 0. The SMILES string of the molecule is C[C@H]1CCN(c2cnccc2C(F)(F)F)C1. The smallest absolute Gasteiger partial charge is 0.370 e. The highest BCUT2D eigenvalue weighted by molar-refractivity contribution is 5.53. The van der Waals surface area contributed by atoms with Crippen LogP contribution in [0.5, 0.6) is 0 Å². The van der Waals surface area contributed by atoms with E-state index in [0.717, 1.165) is 12.5 Å². The van der Waals surface area contributed by atoms with Gasteiger partial charge in [0, 0.05) is 19.3 Å². The Kier molecular flexibility index (Phi) is 2.78. The van der Waals surface area contributed by atoms with Crippen LogP contribution in [0.2, 0.25) is 0 Å². The van der Waals surface area contributed by atoms with Crippen molar-refractivity contribution in [3.63, 3.8) is 0 Å². The molecule has 1 aromatic heterocycles. The van der Waals surface area contributed by atoms with Gasteiger partial charge in [0.25, 0.3) is 0 Å². The van der Waals surface area contributed by atoms with E-state index in [1.54, 1.807) is 4.90 Å². The van der Waals surface area contributed by atoms with Gasteiger partial charge in [0.2, 0.25) is 0 Å². The summed E-state index contributed by atoms with van der Waals surface area (Å²) in [5, 5.41) is 0. The maximum absolute atomic E-state index is 12.7. The number of pyridine rings is 1. The summed E-state index contributed by atoms with van der Waals surface area (Å²) in [6, 6.07) is 1.04. The molecule has 0 N–H and O–H groups in total. The Labute approximate surface area is 92.1 Å². The Balaban J connectivity index is 2.34. The van der Waals surface area contributed by atoms with E-state index < -0.39 is 11.7 Å². The highest BCUT2D eigenvalue weighted by atomic mass is 19.4. The number of hydrogen-bond donors (Lipinski definition) is 0. The number of nitrogens with zero attached hydrogens (tertiary/aromatic N) is 2. The van der Waals surface area contributed by atoms with E-state index in [1.165, 1.54) is 12.4 Å². The molecule has 0 aromatic carbocycles. The quantitative estimate of drug-likeness (QED) is 0.737. The average Bonchev–Trinajstić information content (AvgIpc) is 2.64. The van der Waals surface area contributed by atoms with Gasteiger partial charge in [-0.2, -0.15) is 13.2 Å². The second-order valence-corrected chi connectivity index (χ2v) is 4.23. The number of hydrogen-bond acceptors (Lipinski definition) is 2. The predicted molar refractivity (Wildman–Crippen MR) is 55.2 cm³/mol. The van der Waals surface area contributed by atoms with E-state index in [-0.39, 0.29) is 5.69 Å². The second kappa shape index (κ2) is 3.96. The first kappa shape index (κ1) is 11.2. The van der Waals surface area contributed by atoms with Crippen molar-refractivity contribution in [1.29, 1.82) is 0 Å². The van der Waals surface area contributed by atoms with Crippen LogP contribution in [-0.2, 0) is 6.18 Å². The van der Waals surface area contributed by atoms with Crippen molar-refractivity contribution < 1.29 is 13.2 Å². The lowest BCUT2D eigenvalue weighted by Gasteiger charge is -2.22. The highest BCUT2D eigenvalue weighted by Gasteiger charge is 2.35. The minimum atomic E-state index is -4.30. The van der Waals surface area contributed by atoms with Crippen molar-refractivity contribution in [2.24, 2.45) is 5.92 Å². The Bertz CT molecular complexity index is 376. The van der Waals surface area contributed by atoms with Gasteiger partial charge in [0.15, 0.2) is 0 Å². The molecule has 0 amide bonds. The molecular weight excluding hydrogens is 217 g/mol. The molecule has 2 rings (SSSR count). The first-order valence-electron chi connectivity index (χ1n) is 5.24. The Morgan fingerprint density at radius 1 is 1.44 bits per heavy atom. The lowest BCUT2D eigenvalue weighted by molar-refractivity contribution is -0.137. The molecule has 0 bridgehead atoms. The molecule has 1 saturated heterocycles. The van der Waals surface area contributed by atoms with Crippen LogP contribution >= 0.6 is 0 Å². The number of anilines is 1. The van der Waals surface area contributed by atoms with Gasteiger partial charge in [0.05, 0.1) is 17.4 Å². The Morgan fingerprint density at radius 3 is 2.75 bits per heavy atom. The Hall–Kier alpha value is -1.26. The molecule has 1 aromatic rings. The van der Waals surface area contributed by atoms with Crippen LogP contribution in [0.1, 0.15) is 18.9 Å². The average molecular weight is 230 g/mol. The molecule has 0 aliphatic carbocycles. The Morgan fingerprint density at radius 2 is 2.19 bits per heavy atom. The third-order valence-electron chi connectivity index (χ3n) is 2.87. The largest absolute Gasteiger partial charge is 0.418 e. The first-order valence-corrected chi connectivity index (χ1v) is 5.24. The van der Waals surface area contributed by atoms with E-state index in [2.05, 4.69) is 4.98 Å². The molecule has 2 heterocycles. The standard InChI is InChI=1S/C11H13F3N2/c1-8-3-5-16(7-8)10-6-15-4-2-9(10)11(12,13)14/h2,4,6,8H,3,5,7H2,1H3/t8-/m0/s1. The summed E-state index contributed by atoms with van der Waals surface area (Å²) < 4.78 is 38.2. The summed E-state index contributed by atoms with van der Waals surface area (Å²) in [6.07, 6.45) is -0.872. The normalized spacial score (nSPS) is 21.5. The minimum absolute atomic E-state index is 0.208. The number of halogens is 3. The topological polar surface area (TPSA) is 16.1 Å². The highest BCUT2D eigenvalue weighted by Crippen LogP contribution is 2.37. The molecule has 0 radical (unpaired) electrons. The zero-order valence-electron chi connectivity index (χ0n) is 8.96. The van der Waals surface area contributed by atoms with Gasteiger partial charge in [0.1, 0.15) is 0 Å². The second-order valence-electron chi connectivity index (χ2n) is 4.23. The molecule has 0 unspecified atom stereocenters. The predicted octanol–water partition coefficient (Wildman–Crippen LogP) is 2.95. The summed E-state index contributed by atoms with van der Waals surface area (Å²) >= 11 is 0. The monoisotopic (exact) mass is 230 g/mol.